The number of thiophene rings is 1. The van der Waals surface area contributed by atoms with E-state index in [1.54, 1.807) is 4.88 Å². The SMILES string of the molecule is c1cc2c(s1)CCCC2NCc1cn[nH]c1. The number of hydrogen-bond acceptors (Lipinski definition) is 3. The Balaban J connectivity index is 1.69. The number of nitrogens with one attached hydrogen (secondary N) is 2. The van der Waals surface area contributed by atoms with Gasteiger partial charge in [-0.15, -0.1) is 11.3 Å². The van der Waals surface area contributed by atoms with E-state index in [0.29, 0.717) is 6.04 Å². The fourth-order valence-corrected chi connectivity index (χ4v) is 3.30. The molecule has 4 heteroatoms. The quantitative estimate of drug-likeness (QED) is 0.855. The molecule has 0 saturated carbocycles. The van der Waals surface area contributed by atoms with Crippen LogP contribution in [0.3, 0.4) is 0 Å². The molecule has 2 N–H and O–H groups in total. The van der Waals surface area contributed by atoms with Gasteiger partial charge in [0, 0.05) is 29.2 Å². The zero-order chi connectivity index (χ0) is 10.8. The number of nitrogens with zero attached hydrogens (tertiary/aromatic N) is 1. The van der Waals surface area contributed by atoms with Crippen molar-refractivity contribution in [1.82, 2.24) is 15.5 Å². The first-order valence-electron chi connectivity index (χ1n) is 5.71. The second-order valence-corrected chi connectivity index (χ2v) is 5.23. The predicted molar refractivity (Wildman–Crippen MR) is 65.4 cm³/mol. The van der Waals surface area contributed by atoms with E-state index in [9.17, 15) is 0 Å². The van der Waals surface area contributed by atoms with E-state index >= 15 is 0 Å². The molecule has 84 valence electrons. The summed E-state index contributed by atoms with van der Waals surface area (Å²) in [6.07, 6.45) is 7.64. The number of fused-ring (bicyclic) bond motifs is 1. The second-order valence-electron chi connectivity index (χ2n) is 4.23. The van der Waals surface area contributed by atoms with E-state index in [-0.39, 0.29) is 0 Å². The van der Waals surface area contributed by atoms with E-state index in [2.05, 4.69) is 27.0 Å². The fourth-order valence-electron chi connectivity index (χ4n) is 2.31. The number of rotatable bonds is 3. The lowest BCUT2D eigenvalue weighted by atomic mass is 9.94. The van der Waals surface area contributed by atoms with E-state index in [1.165, 1.54) is 30.4 Å². The number of hydrogen-bond donors (Lipinski definition) is 2. The maximum Gasteiger partial charge on any atom is 0.0532 e. The lowest BCUT2D eigenvalue weighted by Crippen LogP contribution is -2.23. The van der Waals surface area contributed by atoms with Gasteiger partial charge in [0.15, 0.2) is 0 Å². The Morgan fingerprint density at radius 3 is 3.44 bits per heavy atom. The zero-order valence-electron chi connectivity index (χ0n) is 9.07. The number of aromatic amines is 1. The van der Waals surface area contributed by atoms with Gasteiger partial charge in [-0.05, 0) is 36.3 Å². The van der Waals surface area contributed by atoms with Gasteiger partial charge in [-0.2, -0.15) is 5.10 Å². The van der Waals surface area contributed by atoms with Crippen LogP contribution in [0.1, 0.15) is 34.9 Å². The Labute approximate surface area is 98.9 Å². The molecular weight excluding hydrogens is 218 g/mol. The highest BCUT2D eigenvalue weighted by Gasteiger charge is 2.20. The van der Waals surface area contributed by atoms with Crippen LogP contribution >= 0.6 is 11.3 Å². The first-order valence-corrected chi connectivity index (χ1v) is 6.59. The minimum atomic E-state index is 0.532. The first kappa shape index (κ1) is 10.1. The molecule has 16 heavy (non-hydrogen) atoms. The lowest BCUT2D eigenvalue weighted by molar-refractivity contribution is 0.463. The minimum absolute atomic E-state index is 0.532. The summed E-state index contributed by atoms with van der Waals surface area (Å²) in [5.74, 6) is 0. The summed E-state index contributed by atoms with van der Waals surface area (Å²) in [5, 5.41) is 12.6. The summed E-state index contributed by atoms with van der Waals surface area (Å²) in [7, 11) is 0. The molecule has 0 aliphatic heterocycles. The van der Waals surface area contributed by atoms with Crippen molar-refractivity contribution in [1.29, 1.82) is 0 Å². The third-order valence-corrected chi connectivity index (χ3v) is 4.16. The summed E-state index contributed by atoms with van der Waals surface area (Å²) >= 11 is 1.89. The Morgan fingerprint density at radius 1 is 1.56 bits per heavy atom. The van der Waals surface area contributed by atoms with Crippen LogP contribution in [0.15, 0.2) is 23.8 Å². The van der Waals surface area contributed by atoms with Gasteiger partial charge in [0.05, 0.1) is 6.20 Å². The molecule has 3 rings (SSSR count). The molecule has 2 aromatic heterocycles. The van der Waals surface area contributed by atoms with Crippen LogP contribution in [0.25, 0.3) is 0 Å². The van der Waals surface area contributed by atoms with Gasteiger partial charge in [0.2, 0.25) is 0 Å². The smallest absolute Gasteiger partial charge is 0.0532 e. The minimum Gasteiger partial charge on any atom is -0.306 e. The Kier molecular flexibility index (Phi) is 2.76. The van der Waals surface area contributed by atoms with Crippen molar-refractivity contribution < 1.29 is 0 Å². The van der Waals surface area contributed by atoms with Crippen molar-refractivity contribution >= 4 is 11.3 Å². The molecule has 0 amide bonds. The van der Waals surface area contributed by atoms with Crippen molar-refractivity contribution in [3.8, 4) is 0 Å². The van der Waals surface area contributed by atoms with Crippen LogP contribution in [-0.4, -0.2) is 10.2 Å². The molecule has 0 aromatic carbocycles. The fraction of sp³-hybridized carbons (Fsp3) is 0.417. The molecule has 2 heterocycles. The standard InChI is InChI=1S/C12H15N3S/c1-2-11(10-4-5-16-12(10)3-1)13-6-9-7-14-15-8-9/h4-5,7-8,11,13H,1-3,6H2,(H,14,15). The molecule has 0 spiro atoms. The summed E-state index contributed by atoms with van der Waals surface area (Å²) in [6, 6.07) is 2.80. The van der Waals surface area contributed by atoms with Crippen molar-refractivity contribution in [2.75, 3.05) is 0 Å². The number of aryl methyl sites for hydroxylation is 1. The van der Waals surface area contributed by atoms with Crippen molar-refractivity contribution in [2.45, 2.75) is 31.8 Å². The van der Waals surface area contributed by atoms with Crippen LogP contribution in [0.2, 0.25) is 0 Å². The summed E-state index contributed by atoms with van der Waals surface area (Å²) in [4.78, 5) is 1.57. The Bertz CT molecular complexity index is 447. The average Bonchev–Trinajstić information content (AvgIpc) is 2.97. The third-order valence-electron chi connectivity index (χ3n) is 3.16. The normalized spacial score (nSPS) is 19.6. The highest BCUT2D eigenvalue weighted by atomic mass is 32.1. The van der Waals surface area contributed by atoms with Gasteiger partial charge >= 0.3 is 0 Å². The predicted octanol–water partition coefficient (Wildman–Crippen LogP) is 2.64. The van der Waals surface area contributed by atoms with Gasteiger partial charge in [-0.1, -0.05) is 0 Å². The monoisotopic (exact) mass is 233 g/mol. The Hall–Kier alpha value is -1.13. The van der Waals surface area contributed by atoms with Gasteiger partial charge in [0.1, 0.15) is 0 Å². The van der Waals surface area contributed by atoms with Crippen molar-refractivity contribution in [2.24, 2.45) is 0 Å². The molecular formula is C12H15N3S. The van der Waals surface area contributed by atoms with Gasteiger partial charge in [-0.25, -0.2) is 0 Å². The largest absolute Gasteiger partial charge is 0.306 e. The van der Waals surface area contributed by atoms with Gasteiger partial charge in [0.25, 0.3) is 0 Å². The van der Waals surface area contributed by atoms with Crippen LogP contribution in [0, 0.1) is 0 Å². The topological polar surface area (TPSA) is 40.7 Å². The van der Waals surface area contributed by atoms with Crippen molar-refractivity contribution in [3.63, 3.8) is 0 Å². The molecule has 3 nitrogen and oxygen atoms in total. The average molecular weight is 233 g/mol. The van der Waals surface area contributed by atoms with E-state index in [4.69, 9.17) is 0 Å². The van der Waals surface area contributed by atoms with E-state index in [1.807, 2.05) is 23.7 Å². The van der Waals surface area contributed by atoms with Crippen LogP contribution < -0.4 is 5.32 Å². The van der Waals surface area contributed by atoms with E-state index in [0.717, 1.165) is 6.54 Å². The lowest BCUT2D eigenvalue weighted by Gasteiger charge is -2.23. The van der Waals surface area contributed by atoms with Crippen LogP contribution in [0.4, 0.5) is 0 Å². The summed E-state index contributed by atoms with van der Waals surface area (Å²) in [5.41, 5.74) is 2.74. The molecule has 1 aliphatic carbocycles. The molecule has 0 bridgehead atoms. The highest BCUT2D eigenvalue weighted by molar-refractivity contribution is 7.10. The van der Waals surface area contributed by atoms with Gasteiger partial charge < -0.3 is 5.32 Å². The molecule has 2 aromatic rings. The maximum absolute atomic E-state index is 3.96. The summed E-state index contributed by atoms with van der Waals surface area (Å²) < 4.78 is 0. The van der Waals surface area contributed by atoms with Crippen molar-refractivity contribution in [3.05, 3.63) is 39.8 Å². The molecule has 0 saturated heterocycles. The van der Waals surface area contributed by atoms with Gasteiger partial charge in [-0.3, -0.25) is 5.10 Å². The molecule has 1 atom stereocenters. The third kappa shape index (κ3) is 1.90. The molecule has 0 fully saturated rings. The number of aromatic nitrogens is 2. The van der Waals surface area contributed by atoms with Crippen LogP contribution in [-0.2, 0) is 13.0 Å². The highest BCUT2D eigenvalue weighted by Crippen LogP contribution is 2.33. The second kappa shape index (κ2) is 4.39. The summed E-state index contributed by atoms with van der Waals surface area (Å²) in [6.45, 7) is 0.899. The number of H-pyrrole nitrogens is 1. The van der Waals surface area contributed by atoms with Crippen LogP contribution in [0.5, 0.6) is 0 Å². The molecule has 1 aliphatic rings. The van der Waals surface area contributed by atoms with E-state index < -0.39 is 0 Å². The maximum atomic E-state index is 3.96. The zero-order valence-corrected chi connectivity index (χ0v) is 9.89. The molecule has 1 unspecified atom stereocenters. The Morgan fingerprint density at radius 2 is 2.56 bits per heavy atom. The molecule has 0 radical (unpaired) electrons. The first-order chi connectivity index (χ1) is 7.93.